The van der Waals surface area contributed by atoms with E-state index < -0.39 is 35.8 Å². The van der Waals surface area contributed by atoms with E-state index in [1.54, 1.807) is 50.5 Å². The van der Waals surface area contributed by atoms with E-state index in [0.29, 0.717) is 23.4 Å². The van der Waals surface area contributed by atoms with Crippen molar-refractivity contribution in [1.82, 2.24) is 19.8 Å². The van der Waals surface area contributed by atoms with E-state index >= 15 is 0 Å². The Bertz CT molecular complexity index is 1690. The van der Waals surface area contributed by atoms with Crippen LogP contribution in [0, 0.1) is 0 Å². The third-order valence-electron chi connectivity index (χ3n) is 7.28. The van der Waals surface area contributed by atoms with E-state index in [1.165, 1.54) is 0 Å². The smallest absolute Gasteiger partial charge is 0.408 e. The summed E-state index contributed by atoms with van der Waals surface area (Å²) in [7, 11) is 3.81. The normalized spacial score (nSPS) is 17.4. The first-order valence-corrected chi connectivity index (χ1v) is 13.7. The number of phenols is 1. The van der Waals surface area contributed by atoms with E-state index in [4.69, 9.17) is 19.2 Å². The molecule has 0 unspecified atom stereocenters. The first kappa shape index (κ1) is 29.1. The lowest BCUT2D eigenvalue weighted by Gasteiger charge is -2.35. The predicted octanol–water partition coefficient (Wildman–Crippen LogP) is 2.92. The molecule has 2 N–H and O–H groups in total. The summed E-state index contributed by atoms with van der Waals surface area (Å²) >= 11 is 0. The van der Waals surface area contributed by atoms with Gasteiger partial charge in [-0.3, -0.25) is 9.59 Å². The van der Waals surface area contributed by atoms with Gasteiger partial charge in [-0.1, -0.05) is 6.92 Å². The van der Waals surface area contributed by atoms with Crippen LogP contribution in [0.4, 0.5) is 4.79 Å². The van der Waals surface area contributed by atoms with Crippen molar-refractivity contribution in [3.05, 3.63) is 56.9 Å². The first-order valence-electron chi connectivity index (χ1n) is 13.7. The molecule has 12 heteroatoms. The zero-order valence-electron chi connectivity index (χ0n) is 24.5. The molecule has 2 aliphatic rings. The fourth-order valence-corrected chi connectivity index (χ4v) is 5.43. The van der Waals surface area contributed by atoms with Gasteiger partial charge in [0, 0.05) is 28.6 Å². The molecule has 0 saturated carbocycles. The second-order valence-electron chi connectivity index (χ2n) is 11.8. The quantitative estimate of drug-likeness (QED) is 0.258. The highest BCUT2D eigenvalue weighted by molar-refractivity contribution is 5.90. The molecule has 5 rings (SSSR count). The molecule has 0 aliphatic carbocycles. The van der Waals surface area contributed by atoms with Gasteiger partial charge in [0.25, 0.3) is 5.56 Å². The summed E-state index contributed by atoms with van der Waals surface area (Å²) in [5.74, 6) is -1.54. The molecule has 0 bridgehead atoms. The Balaban J connectivity index is 1.55. The Morgan fingerprint density at radius 2 is 1.95 bits per heavy atom. The minimum absolute atomic E-state index is 0.00885. The number of phenolic OH excluding ortho intramolecular Hbond substituents is 1. The number of alkyl carbamates (subject to hydrolysis) is 1. The number of carbonyl (C=O) groups is 3. The number of nitrogens with one attached hydrogen (secondary N) is 1. The zero-order valence-corrected chi connectivity index (χ0v) is 24.5. The average Bonchev–Trinajstić information content (AvgIpc) is 3.27. The van der Waals surface area contributed by atoms with Crippen LogP contribution in [-0.4, -0.2) is 63.8 Å². The molecule has 42 heavy (non-hydrogen) atoms. The second-order valence-corrected chi connectivity index (χ2v) is 11.8. The van der Waals surface area contributed by atoms with Crippen LogP contribution < -0.4 is 10.9 Å². The molecule has 0 fully saturated rings. The topological polar surface area (TPSA) is 149 Å². The highest BCUT2D eigenvalue weighted by atomic mass is 16.6. The Labute approximate surface area is 242 Å². The van der Waals surface area contributed by atoms with Crippen LogP contribution in [0.2, 0.25) is 0 Å². The number of nitrogens with zero attached hydrogens (tertiary/aromatic N) is 3. The molecule has 2 aromatic heterocycles. The van der Waals surface area contributed by atoms with E-state index in [-0.39, 0.29) is 42.0 Å². The number of hydrogen-bond donors (Lipinski definition) is 2. The van der Waals surface area contributed by atoms with Gasteiger partial charge in [0.05, 0.1) is 29.0 Å². The second kappa shape index (κ2) is 10.4. The lowest BCUT2D eigenvalue weighted by atomic mass is 9.85. The summed E-state index contributed by atoms with van der Waals surface area (Å²) in [5.41, 5.74) is 0.590. The maximum absolute atomic E-state index is 13.8. The van der Waals surface area contributed by atoms with Gasteiger partial charge in [0.15, 0.2) is 0 Å². The number of amides is 1. The Morgan fingerprint density at radius 1 is 1.21 bits per heavy atom. The number of aromatic nitrogens is 2. The number of hydrogen-bond acceptors (Lipinski definition) is 10. The number of cyclic esters (lactones) is 1. The molecular weight excluding hydrogens is 544 g/mol. The van der Waals surface area contributed by atoms with Crippen molar-refractivity contribution in [1.29, 1.82) is 0 Å². The van der Waals surface area contributed by atoms with E-state index in [2.05, 4.69) is 5.32 Å². The third-order valence-corrected chi connectivity index (χ3v) is 7.28. The van der Waals surface area contributed by atoms with Crippen molar-refractivity contribution in [2.24, 2.45) is 0 Å². The summed E-state index contributed by atoms with van der Waals surface area (Å²) in [6.45, 7) is 6.62. The minimum atomic E-state index is -1.89. The maximum Gasteiger partial charge on any atom is 0.408 e. The van der Waals surface area contributed by atoms with Gasteiger partial charge in [-0.05, 0) is 65.6 Å². The van der Waals surface area contributed by atoms with Crippen molar-refractivity contribution < 1.29 is 33.7 Å². The van der Waals surface area contributed by atoms with Gasteiger partial charge in [0.2, 0.25) is 5.60 Å². The number of aromatic hydroxyl groups is 1. The largest absolute Gasteiger partial charge is 0.508 e. The van der Waals surface area contributed by atoms with Gasteiger partial charge in [-0.15, -0.1) is 0 Å². The number of pyridine rings is 2. The molecule has 12 nitrogen and oxygen atoms in total. The summed E-state index contributed by atoms with van der Waals surface area (Å²) in [4.78, 5) is 58.7. The lowest BCUT2D eigenvalue weighted by Crippen LogP contribution is -2.49. The summed E-state index contributed by atoms with van der Waals surface area (Å²) in [5, 5.41) is 13.6. The average molecular weight is 579 g/mol. The van der Waals surface area contributed by atoms with Crippen molar-refractivity contribution in [3.8, 4) is 17.1 Å². The monoisotopic (exact) mass is 578 g/mol. The van der Waals surface area contributed by atoms with Crippen LogP contribution in [0.5, 0.6) is 5.75 Å². The third kappa shape index (κ3) is 5.06. The molecule has 0 radical (unpaired) electrons. The van der Waals surface area contributed by atoms with Gasteiger partial charge < -0.3 is 34.1 Å². The van der Waals surface area contributed by atoms with E-state index in [1.807, 2.05) is 25.1 Å². The van der Waals surface area contributed by atoms with E-state index in [9.17, 15) is 24.3 Å². The Hall–Kier alpha value is -4.45. The maximum atomic E-state index is 13.8. The number of esters is 2. The molecule has 3 aromatic rings. The number of rotatable bonds is 6. The van der Waals surface area contributed by atoms with Gasteiger partial charge in [-0.2, -0.15) is 0 Å². The van der Waals surface area contributed by atoms with Gasteiger partial charge in [-0.25, -0.2) is 14.6 Å². The number of carbonyl (C=O) groups excluding carboxylic acids is 3. The molecule has 1 amide bonds. The van der Waals surface area contributed by atoms with Crippen LogP contribution in [0.1, 0.15) is 56.4 Å². The van der Waals surface area contributed by atoms with Crippen LogP contribution in [0.25, 0.3) is 22.3 Å². The molecule has 4 heterocycles. The molecular formula is C30H34N4O8. The summed E-state index contributed by atoms with van der Waals surface area (Å²) < 4.78 is 17.8. The number of ether oxygens (including phenoxy) is 3. The van der Waals surface area contributed by atoms with Crippen molar-refractivity contribution in [2.75, 3.05) is 20.6 Å². The fourth-order valence-electron chi connectivity index (χ4n) is 5.43. The standard InChI is InChI=1S/C30H34N4O8/c1-7-30(41-24(36)12-31-28(39)42-29(2,3)4)20-11-22-25-16(13-34(22)26(37)19(20)15-40-27(30)38)10-17-18(14-33(5)6)23(35)9-8-21(17)32-25/h8-11,35H,7,12-15H2,1-6H3,(H,31,39)/t30-/m0/s1. The van der Waals surface area contributed by atoms with Crippen molar-refractivity contribution in [2.45, 2.75) is 65.0 Å². The summed E-state index contributed by atoms with van der Waals surface area (Å²) in [6, 6.07) is 6.91. The van der Waals surface area contributed by atoms with Crippen molar-refractivity contribution in [3.63, 3.8) is 0 Å². The number of fused-ring (bicyclic) bond motifs is 5. The molecule has 2 aliphatic heterocycles. The van der Waals surface area contributed by atoms with Gasteiger partial charge >= 0.3 is 18.0 Å². The molecule has 222 valence electrons. The molecule has 1 aromatic carbocycles. The first-order chi connectivity index (χ1) is 19.7. The van der Waals surface area contributed by atoms with Crippen molar-refractivity contribution >= 4 is 28.9 Å². The Morgan fingerprint density at radius 3 is 2.62 bits per heavy atom. The SMILES string of the molecule is CC[C@@]1(OC(=O)CNC(=O)OC(C)(C)C)C(=O)OCc2c1cc1n(c2=O)Cc2cc3c(CN(C)C)c(O)ccc3nc2-1. The van der Waals surface area contributed by atoms with Crippen LogP contribution >= 0.6 is 0 Å². The van der Waals surface area contributed by atoms with E-state index in [0.717, 1.165) is 16.5 Å². The highest BCUT2D eigenvalue weighted by Crippen LogP contribution is 2.41. The zero-order chi connectivity index (χ0) is 30.6. The molecule has 0 saturated heterocycles. The van der Waals surface area contributed by atoms with Gasteiger partial charge in [0.1, 0.15) is 24.5 Å². The predicted molar refractivity (Wildman–Crippen MR) is 152 cm³/mol. The fraction of sp³-hybridized carbons (Fsp3) is 0.433. The summed E-state index contributed by atoms with van der Waals surface area (Å²) in [6.07, 6.45) is -0.824. The number of benzene rings is 1. The van der Waals surface area contributed by atoms with Crippen LogP contribution in [0.15, 0.2) is 29.1 Å². The van der Waals surface area contributed by atoms with Crippen LogP contribution in [-0.2, 0) is 49.1 Å². The lowest BCUT2D eigenvalue weighted by molar-refractivity contribution is -0.188. The molecule has 1 atom stereocenters. The van der Waals surface area contributed by atoms with Crippen LogP contribution in [0.3, 0.4) is 0 Å². The Kier molecular flexibility index (Phi) is 7.22. The highest BCUT2D eigenvalue weighted by Gasteiger charge is 2.50. The molecule has 0 spiro atoms. The minimum Gasteiger partial charge on any atom is -0.508 e.